The smallest absolute Gasteiger partial charge is 0.152 e. The zero-order chi connectivity index (χ0) is 11.6. The third kappa shape index (κ3) is 2.94. The maximum atomic E-state index is 10.9. The van der Waals surface area contributed by atoms with Gasteiger partial charge in [0.05, 0.1) is 5.38 Å². The Hall–Kier alpha value is -0.560. The van der Waals surface area contributed by atoms with Gasteiger partial charge in [0.25, 0.3) is 0 Å². The second-order valence-electron chi connectivity index (χ2n) is 5.02. The van der Waals surface area contributed by atoms with Gasteiger partial charge in [-0.15, -0.1) is 11.6 Å². The highest BCUT2D eigenvalue weighted by molar-refractivity contribution is 6.22. The molecule has 2 atom stereocenters. The van der Waals surface area contributed by atoms with Gasteiger partial charge in [-0.05, 0) is 31.3 Å². The van der Waals surface area contributed by atoms with Crippen molar-refractivity contribution in [1.29, 1.82) is 0 Å². The van der Waals surface area contributed by atoms with Crippen LogP contribution in [0.15, 0.2) is 24.3 Å². The molecule has 0 bridgehead atoms. The molecule has 84 valence electrons. The minimum atomic E-state index is 0.0552. The topological polar surface area (TPSA) is 17.1 Å². The van der Waals surface area contributed by atoms with E-state index in [9.17, 15) is 4.79 Å². The summed E-state index contributed by atoms with van der Waals surface area (Å²) < 4.78 is 0. The highest BCUT2D eigenvalue weighted by Crippen LogP contribution is 2.45. The van der Waals surface area contributed by atoms with Crippen LogP contribution in [0.1, 0.15) is 33.6 Å². The van der Waals surface area contributed by atoms with Crippen LogP contribution >= 0.6 is 11.6 Å². The first-order chi connectivity index (χ1) is 6.84. The third-order valence-corrected chi connectivity index (χ3v) is 3.71. The summed E-state index contributed by atoms with van der Waals surface area (Å²) in [7, 11) is 0. The number of alkyl halides is 1. The standard InChI is InChI=1S/C13H19ClO/c1-9(15)5-6-11-10(2)12(14)7-8-13(11,3)4/h5-6,11-12H,2,7-8H2,1,3-4H3. The molecular formula is C13H19ClO. The quantitative estimate of drug-likeness (QED) is 0.398. The van der Waals surface area contributed by atoms with E-state index in [1.807, 2.05) is 6.08 Å². The Morgan fingerprint density at radius 1 is 1.60 bits per heavy atom. The molecule has 0 radical (unpaired) electrons. The third-order valence-electron chi connectivity index (χ3n) is 3.21. The zero-order valence-corrected chi connectivity index (χ0v) is 10.5. The van der Waals surface area contributed by atoms with E-state index in [4.69, 9.17) is 11.6 Å². The predicted molar refractivity (Wildman–Crippen MR) is 65.1 cm³/mol. The van der Waals surface area contributed by atoms with Gasteiger partial charge >= 0.3 is 0 Å². The first kappa shape index (κ1) is 12.5. The van der Waals surface area contributed by atoms with Gasteiger partial charge in [0, 0.05) is 5.92 Å². The molecule has 0 heterocycles. The summed E-state index contributed by atoms with van der Waals surface area (Å²) in [6.45, 7) is 10.0. The van der Waals surface area contributed by atoms with Gasteiger partial charge in [-0.3, -0.25) is 4.79 Å². The lowest BCUT2D eigenvalue weighted by Crippen LogP contribution is -2.33. The van der Waals surface area contributed by atoms with E-state index in [0.717, 1.165) is 18.4 Å². The Morgan fingerprint density at radius 3 is 2.73 bits per heavy atom. The fourth-order valence-corrected chi connectivity index (χ4v) is 2.40. The molecule has 2 unspecified atom stereocenters. The maximum Gasteiger partial charge on any atom is 0.152 e. The lowest BCUT2D eigenvalue weighted by Gasteiger charge is -2.40. The van der Waals surface area contributed by atoms with Crippen LogP contribution in [0.4, 0.5) is 0 Å². The minimum absolute atomic E-state index is 0.0552. The van der Waals surface area contributed by atoms with Crippen LogP contribution in [0.2, 0.25) is 0 Å². The van der Waals surface area contributed by atoms with Crippen LogP contribution in [0.3, 0.4) is 0 Å². The monoisotopic (exact) mass is 226 g/mol. The Kier molecular flexibility index (Phi) is 3.77. The summed E-state index contributed by atoms with van der Waals surface area (Å²) in [5, 5.41) is 0.0552. The number of halogens is 1. The van der Waals surface area contributed by atoms with Crippen LogP contribution in [-0.4, -0.2) is 11.2 Å². The fraction of sp³-hybridized carbons (Fsp3) is 0.615. The SMILES string of the molecule is C=C1C(Cl)CCC(C)(C)C1C=CC(C)=O. The Morgan fingerprint density at radius 2 is 2.20 bits per heavy atom. The van der Waals surface area contributed by atoms with Crippen molar-refractivity contribution >= 4 is 17.4 Å². The average molecular weight is 227 g/mol. The van der Waals surface area contributed by atoms with Crippen molar-refractivity contribution in [1.82, 2.24) is 0 Å². The second-order valence-corrected chi connectivity index (χ2v) is 5.54. The van der Waals surface area contributed by atoms with Crippen LogP contribution in [-0.2, 0) is 4.79 Å². The molecule has 0 aromatic rings. The predicted octanol–water partition coefficient (Wildman–Crippen LogP) is 3.73. The summed E-state index contributed by atoms with van der Waals surface area (Å²) in [5.41, 5.74) is 1.21. The molecule has 0 spiro atoms. The van der Waals surface area contributed by atoms with Gasteiger partial charge in [0.2, 0.25) is 0 Å². The van der Waals surface area contributed by atoms with Crippen molar-refractivity contribution < 1.29 is 4.79 Å². The number of carbonyl (C=O) groups excluding carboxylic acids is 1. The summed E-state index contributed by atoms with van der Waals surface area (Å²) >= 11 is 6.19. The summed E-state index contributed by atoms with van der Waals surface area (Å²) in [4.78, 5) is 10.9. The normalized spacial score (nSPS) is 30.8. The number of carbonyl (C=O) groups is 1. The first-order valence-electron chi connectivity index (χ1n) is 5.36. The number of allylic oxidation sites excluding steroid dienone is 3. The molecule has 1 fully saturated rings. The Balaban J connectivity index is 2.88. The van der Waals surface area contributed by atoms with E-state index in [1.54, 1.807) is 13.0 Å². The molecule has 1 saturated carbocycles. The molecule has 0 N–H and O–H groups in total. The molecule has 0 aliphatic heterocycles. The summed E-state index contributed by atoms with van der Waals surface area (Å²) in [6.07, 6.45) is 5.65. The van der Waals surface area contributed by atoms with Crippen LogP contribution < -0.4 is 0 Å². The number of rotatable bonds is 2. The van der Waals surface area contributed by atoms with Crippen LogP contribution in [0.25, 0.3) is 0 Å². The molecule has 1 aliphatic carbocycles. The molecule has 1 nitrogen and oxygen atoms in total. The number of ketones is 1. The number of hydrogen-bond donors (Lipinski definition) is 0. The van der Waals surface area contributed by atoms with E-state index in [2.05, 4.69) is 20.4 Å². The van der Waals surface area contributed by atoms with Gasteiger partial charge in [-0.25, -0.2) is 0 Å². The highest BCUT2D eigenvalue weighted by Gasteiger charge is 2.36. The molecule has 0 saturated heterocycles. The van der Waals surface area contributed by atoms with Crippen LogP contribution in [0, 0.1) is 11.3 Å². The zero-order valence-electron chi connectivity index (χ0n) is 9.72. The lowest BCUT2D eigenvalue weighted by molar-refractivity contribution is -0.112. The Labute approximate surface area is 97.2 Å². The Bertz CT molecular complexity index is 302. The summed E-state index contributed by atoms with van der Waals surface area (Å²) in [6, 6.07) is 0. The molecule has 0 amide bonds. The van der Waals surface area contributed by atoms with Crippen LogP contribution in [0.5, 0.6) is 0 Å². The van der Waals surface area contributed by atoms with Crippen molar-refractivity contribution in [3.8, 4) is 0 Å². The van der Waals surface area contributed by atoms with E-state index in [1.165, 1.54) is 0 Å². The van der Waals surface area contributed by atoms with Gasteiger partial charge in [-0.1, -0.05) is 32.1 Å². The van der Waals surface area contributed by atoms with E-state index in [0.29, 0.717) is 0 Å². The molecule has 2 heteroatoms. The van der Waals surface area contributed by atoms with Crippen molar-refractivity contribution in [3.05, 3.63) is 24.3 Å². The average Bonchev–Trinajstić information content (AvgIpc) is 2.11. The van der Waals surface area contributed by atoms with Crippen molar-refractivity contribution in [2.24, 2.45) is 11.3 Å². The lowest BCUT2D eigenvalue weighted by atomic mass is 9.66. The van der Waals surface area contributed by atoms with Crippen molar-refractivity contribution in [2.45, 2.75) is 39.0 Å². The fourth-order valence-electron chi connectivity index (χ4n) is 2.15. The molecule has 1 rings (SSSR count). The molecule has 0 aromatic heterocycles. The molecule has 0 aromatic carbocycles. The molecule has 15 heavy (non-hydrogen) atoms. The van der Waals surface area contributed by atoms with Gasteiger partial charge in [-0.2, -0.15) is 0 Å². The number of hydrogen-bond acceptors (Lipinski definition) is 1. The van der Waals surface area contributed by atoms with Gasteiger partial charge < -0.3 is 0 Å². The van der Waals surface area contributed by atoms with Gasteiger partial charge in [0.1, 0.15) is 0 Å². The second kappa shape index (κ2) is 4.52. The van der Waals surface area contributed by atoms with E-state index < -0.39 is 0 Å². The van der Waals surface area contributed by atoms with E-state index >= 15 is 0 Å². The van der Waals surface area contributed by atoms with E-state index in [-0.39, 0.29) is 22.5 Å². The first-order valence-corrected chi connectivity index (χ1v) is 5.80. The largest absolute Gasteiger partial charge is 0.295 e. The molecular weight excluding hydrogens is 208 g/mol. The van der Waals surface area contributed by atoms with Crippen molar-refractivity contribution in [3.63, 3.8) is 0 Å². The summed E-state index contributed by atoms with van der Waals surface area (Å²) in [5.74, 6) is 0.299. The minimum Gasteiger partial charge on any atom is -0.295 e. The van der Waals surface area contributed by atoms with Crippen molar-refractivity contribution in [2.75, 3.05) is 0 Å². The molecule has 1 aliphatic rings. The van der Waals surface area contributed by atoms with Gasteiger partial charge in [0.15, 0.2) is 5.78 Å². The maximum absolute atomic E-state index is 10.9. The highest BCUT2D eigenvalue weighted by atomic mass is 35.5.